The molecule has 2 aromatic carbocycles. The van der Waals surface area contributed by atoms with E-state index in [0.717, 1.165) is 10.3 Å². The maximum Gasteiger partial charge on any atom is 0.269 e. The van der Waals surface area contributed by atoms with E-state index < -0.39 is 10.9 Å². The standard InChI is InChI=1S/C14H8N2O4S/c17-14(18)9-3-6-11-12(7-9)21-13(15-11)8-1-4-10(5-2-8)16(19)20/h1-7H,(H,17,18)/p-1. The van der Waals surface area contributed by atoms with Crippen molar-refractivity contribution in [3.05, 3.63) is 58.1 Å². The van der Waals surface area contributed by atoms with E-state index in [0.29, 0.717) is 10.5 Å². The van der Waals surface area contributed by atoms with Gasteiger partial charge in [0.1, 0.15) is 5.01 Å². The average Bonchev–Trinajstić information content (AvgIpc) is 2.90. The number of non-ortho nitro benzene ring substituents is 1. The number of carbonyl (C=O) groups is 1. The molecule has 1 heterocycles. The molecule has 0 aliphatic heterocycles. The van der Waals surface area contributed by atoms with Crippen molar-refractivity contribution in [1.29, 1.82) is 0 Å². The fourth-order valence-electron chi connectivity index (χ4n) is 1.90. The van der Waals surface area contributed by atoms with Crippen molar-refractivity contribution in [2.75, 3.05) is 0 Å². The van der Waals surface area contributed by atoms with Crippen LogP contribution in [0.3, 0.4) is 0 Å². The van der Waals surface area contributed by atoms with E-state index in [1.165, 1.54) is 35.6 Å². The predicted molar refractivity (Wildman–Crippen MR) is 76.0 cm³/mol. The van der Waals surface area contributed by atoms with Gasteiger partial charge in [-0.25, -0.2) is 4.98 Å². The number of hydrogen-bond acceptors (Lipinski definition) is 6. The first-order valence-corrected chi connectivity index (χ1v) is 6.73. The fraction of sp³-hybridized carbons (Fsp3) is 0. The van der Waals surface area contributed by atoms with Gasteiger partial charge in [-0.2, -0.15) is 0 Å². The third-order valence-electron chi connectivity index (χ3n) is 2.95. The van der Waals surface area contributed by atoms with Gasteiger partial charge in [0.2, 0.25) is 0 Å². The van der Waals surface area contributed by atoms with Crippen LogP contribution in [0.2, 0.25) is 0 Å². The summed E-state index contributed by atoms with van der Waals surface area (Å²) in [6, 6.07) is 10.6. The average molecular weight is 299 g/mol. The highest BCUT2D eigenvalue weighted by atomic mass is 32.1. The second kappa shape index (κ2) is 4.95. The number of nitro groups is 1. The molecular weight excluding hydrogens is 292 g/mol. The normalized spacial score (nSPS) is 10.7. The quantitative estimate of drug-likeness (QED) is 0.546. The van der Waals surface area contributed by atoms with Crippen LogP contribution in [0, 0.1) is 10.1 Å². The van der Waals surface area contributed by atoms with Gasteiger partial charge in [-0.1, -0.05) is 6.07 Å². The van der Waals surface area contributed by atoms with E-state index in [1.807, 2.05) is 0 Å². The van der Waals surface area contributed by atoms with E-state index in [9.17, 15) is 20.0 Å². The molecule has 1 aromatic heterocycles. The molecule has 3 aromatic rings. The van der Waals surface area contributed by atoms with Crippen LogP contribution in [0.5, 0.6) is 0 Å². The second-order valence-electron chi connectivity index (χ2n) is 4.29. The third kappa shape index (κ3) is 2.46. The van der Waals surface area contributed by atoms with Crippen molar-refractivity contribution in [2.24, 2.45) is 0 Å². The van der Waals surface area contributed by atoms with Crippen LogP contribution in [0.25, 0.3) is 20.8 Å². The van der Waals surface area contributed by atoms with Crippen LogP contribution in [0.1, 0.15) is 10.4 Å². The molecule has 6 nitrogen and oxygen atoms in total. The molecule has 0 saturated carbocycles. The summed E-state index contributed by atoms with van der Waals surface area (Å²) in [5.41, 5.74) is 1.54. The van der Waals surface area contributed by atoms with E-state index >= 15 is 0 Å². The first kappa shape index (κ1) is 13.2. The molecule has 0 aliphatic rings. The fourth-order valence-corrected chi connectivity index (χ4v) is 2.91. The zero-order valence-electron chi connectivity index (χ0n) is 10.5. The number of fused-ring (bicyclic) bond motifs is 1. The Morgan fingerprint density at radius 2 is 1.86 bits per heavy atom. The number of carboxylic acid groups (broad SMARTS) is 1. The van der Waals surface area contributed by atoms with Crippen molar-refractivity contribution in [1.82, 2.24) is 4.98 Å². The molecule has 0 fully saturated rings. The summed E-state index contributed by atoms with van der Waals surface area (Å²) in [4.78, 5) is 25.4. The number of thiazole rings is 1. The van der Waals surface area contributed by atoms with E-state index in [4.69, 9.17) is 0 Å². The molecular formula is C14H7N2O4S-. The molecule has 3 rings (SSSR count). The molecule has 0 bridgehead atoms. The number of aromatic carboxylic acids is 1. The number of carboxylic acids is 1. The number of hydrogen-bond donors (Lipinski definition) is 0. The molecule has 0 atom stereocenters. The number of aromatic nitrogens is 1. The minimum Gasteiger partial charge on any atom is -0.545 e. The van der Waals surface area contributed by atoms with Crippen LogP contribution < -0.4 is 5.11 Å². The minimum atomic E-state index is -1.23. The highest BCUT2D eigenvalue weighted by Gasteiger charge is 2.09. The molecule has 0 unspecified atom stereocenters. The third-order valence-corrected chi connectivity index (χ3v) is 4.02. The predicted octanol–water partition coefficient (Wildman–Crippen LogP) is 2.24. The van der Waals surface area contributed by atoms with Gasteiger partial charge in [0.05, 0.1) is 21.1 Å². The lowest BCUT2D eigenvalue weighted by molar-refractivity contribution is -0.384. The van der Waals surface area contributed by atoms with Gasteiger partial charge >= 0.3 is 0 Å². The molecule has 0 aliphatic carbocycles. The lowest BCUT2D eigenvalue weighted by Crippen LogP contribution is -2.21. The van der Waals surface area contributed by atoms with Crippen molar-refractivity contribution in [3.8, 4) is 10.6 Å². The monoisotopic (exact) mass is 299 g/mol. The van der Waals surface area contributed by atoms with Crippen molar-refractivity contribution in [3.63, 3.8) is 0 Å². The topological polar surface area (TPSA) is 96.2 Å². The number of rotatable bonds is 3. The zero-order chi connectivity index (χ0) is 15.0. The summed E-state index contributed by atoms with van der Waals surface area (Å²) in [7, 11) is 0. The Bertz CT molecular complexity index is 855. The molecule has 0 spiro atoms. The van der Waals surface area contributed by atoms with Gasteiger partial charge in [-0.15, -0.1) is 11.3 Å². The highest BCUT2D eigenvalue weighted by molar-refractivity contribution is 7.21. The first-order chi connectivity index (χ1) is 10.0. The van der Waals surface area contributed by atoms with Crippen LogP contribution >= 0.6 is 11.3 Å². The zero-order valence-corrected chi connectivity index (χ0v) is 11.3. The van der Waals surface area contributed by atoms with E-state index in [2.05, 4.69) is 4.98 Å². The van der Waals surface area contributed by atoms with Gasteiger partial charge in [-0.3, -0.25) is 10.1 Å². The number of carbonyl (C=O) groups excluding carboxylic acids is 1. The van der Waals surface area contributed by atoms with Crippen LogP contribution in [0.15, 0.2) is 42.5 Å². The van der Waals surface area contributed by atoms with Crippen LogP contribution in [-0.2, 0) is 0 Å². The Morgan fingerprint density at radius 1 is 1.14 bits per heavy atom. The Kier molecular flexibility index (Phi) is 3.11. The molecule has 21 heavy (non-hydrogen) atoms. The molecule has 0 amide bonds. The number of nitro benzene ring substituents is 1. The summed E-state index contributed by atoms with van der Waals surface area (Å²) < 4.78 is 0.727. The SMILES string of the molecule is O=C([O-])c1ccc2nc(-c3ccc([N+](=O)[O-])cc3)sc2c1. The Morgan fingerprint density at radius 3 is 2.48 bits per heavy atom. The van der Waals surface area contributed by atoms with Gasteiger partial charge in [0, 0.05) is 17.7 Å². The summed E-state index contributed by atoms with van der Waals surface area (Å²) in [5.74, 6) is -1.23. The summed E-state index contributed by atoms with van der Waals surface area (Å²) in [5, 5.41) is 22.1. The minimum absolute atomic E-state index is 0.0131. The maximum absolute atomic E-state index is 10.8. The highest BCUT2D eigenvalue weighted by Crippen LogP contribution is 2.31. The van der Waals surface area contributed by atoms with Crippen molar-refractivity contribution < 1.29 is 14.8 Å². The van der Waals surface area contributed by atoms with Gasteiger partial charge in [-0.05, 0) is 29.8 Å². The summed E-state index contributed by atoms with van der Waals surface area (Å²) in [6.07, 6.45) is 0. The first-order valence-electron chi connectivity index (χ1n) is 5.91. The smallest absolute Gasteiger partial charge is 0.269 e. The maximum atomic E-state index is 10.8. The largest absolute Gasteiger partial charge is 0.545 e. The van der Waals surface area contributed by atoms with Gasteiger partial charge in [0.25, 0.3) is 5.69 Å². The number of benzene rings is 2. The summed E-state index contributed by atoms with van der Waals surface area (Å²) in [6.45, 7) is 0. The van der Waals surface area contributed by atoms with Crippen LogP contribution in [0.4, 0.5) is 5.69 Å². The molecule has 0 radical (unpaired) electrons. The Balaban J connectivity index is 2.04. The summed E-state index contributed by atoms with van der Waals surface area (Å²) >= 11 is 1.32. The van der Waals surface area contributed by atoms with E-state index in [-0.39, 0.29) is 11.3 Å². The van der Waals surface area contributed by atoms with Gasteiger partial charge < -0.3 is 9.90 Å². The Labute approximate surface area is 122 Å². The molecule has 104 valence electrons. The molecule has 7 heteroatoms. The second-order valence-corrected chi connectivity index (χ2v) is 5.32. The van der Waals surface area contributed by atoms with Crippen molar-refractivity contribution in [2.45, 2.75) is 0 Å². The van der Waals surface area contributed by atoms with Crippen LogP contribution in [-0.4, -0.2) is 15.9 Å². The number of nitrogens with zero attached hydrogens (tertiary/aromatic N) is 2. The molecule has 0 saturated heterocycles. The van der Waals surface area contributed by atoms with E-state index in [1.54, 1.807) is 18.2 Å². The Hall–Kier alpha value is -2.80. The van der Waals surface area contributed by atoms with Crippen molar-refractivity contribution >= 4 is 33.2 Å². The molecule has 0 N–H and O–H groups in total. The van der Waals surface area contributed by atoms with Gasteiger partial charge in [0.15, 0.2) is 0 Å². The lowest BCUT2D eigenvalue weighted by atomic mass is 10.2. The lowest BCUT2D eigenvalue weighted by Gasteiger charge is -1.99.